The zero-order valence-electron chi connectivity index (χ0n) is 29.6. The lowest BCUT2D eigenvalue weighted by Crippen LogP contribution is -2.10. The van der Waals surface area contributed by atoms with Gasteiger partial charge in [0, 0.05) is 11.1 Å². The van der Waals surface area contributed by atoms with Crippen molar-refractivity contribution >= 4 is 11.0 Å². The second-order valence-corrected chi connectivity index (χ2v) is 16.1. The highest BCUT2D eigenvalue weighted by Gasteiger charge is 2.25. The largest absolute Gasteiger partial charge is 0.184 e. The third-order valence-electron chi connectivity index (χ3n) is 9.93. The third-order valence-corrected chi connectivity index (χ3v) is 9.93. The van der Waals surface area contributed by atoms with Crippen LogP contribution in [0.4, 0.5) is 0 Å². The smallest absolute Gasteiger partial charge is 0.121 e. The summed E-state index contributed by atoms with van der Waals surface area (Å²) in [6, 6.07) is 22.5. The lowest BCUT2D eigenvalue weighted by atomic mass is 9.85. The molecule has 3 heteroatoms. The highest BCUT2D eigenvalue weighted by molar-refractivity contribution is 6.00. The van der Waals surface area contributed by atoms with Gasteiger partial charge in [0.25, 0.3) is 0 Å². The SMILES string of the molecule is CC1C=C(CCCCCCCn2nc3c(-c4ccc(C(C)(C)C)cc4)ccc(-c4ccc(C(C)(C)C)cc4)c3n2)C(C(C)C)C1. The number of hydrogen-bond donors (Lipinski definition) is 0. The molecule has 0 amide bonds. The van der Waals surface area contributed by atoms with Crippen molar-refractivity contribution in [2.75, 3.05) is 0 Å². The number of hydrogen-bond acceptors (Lipinski definition) is 2. The number of fused-ring (bicyclic) bond motifs is 1. The fourth-order valence-electron chi connectivity index (χ4n) is 7.09. The molecule has 0 radical (unpaired) electrons. The van der Waals surface area contributed by atoms with Crippen molar-refractivity contribution < 1.29 is 0 Å². The van der Waals surface area contributed by atoms with E-state index in [2.05, 4.69) is 129 Å². The zero-order chi connectivity index (χ0) is 32.4. The van der Waals surface area contributed by atoms with Crippen LogP contribution in [0.3, 0.4) is 0 Å². The maximum atomic E-state index is 5.12. The second kappa shape index (κ2) is 13.7. The number of allylic oxidation sites excluding steroid dienone is 2. The molecule has 3 nitrogen and oxygen atoms in total. The maximum Gasteiger partial charge on any atom is 0.121 e. The molecule has 0 saturated heterocycles. The Kier molecular flexibility index (Phi) is 10.1. The summed E-state index contributed by atoms with van der Waals surface area (Å²) < 4.78 is 0. The molecule has 2 atom stereocenters. The third kappa shape index (κ3) is 7.97. The number of aromatic nitrogens is 3. The van der Waals surface area contributed by atoms with E-state index in [0.29, 0.717) is 0 Å². The first-order valence-corrected chi connectivity index (χ1v) is 17.6. The molecule has 45 heavy (non-hydrogen) atoms. The van der Waals surface area contributed by atoms with Gasteiger partial charge in [-0.1, -0.05) is 154 Å². The van der Waals surface area contributed by atoms with Crippen molar-refractivity contribution in [1.29, 1.82) is 0 Å². The van der Waals surface area contributed by atoms with Crippen molar-refractivity contribution in [3.63, 3.8) is 0 Å². The minimum Gasteiger partial charge on any atom is -0.184 e. The van der Waals surface area contributed by atoms with Crippen molar-refractivity contribution in [1.82, 2.24) is 15.0 Å². The fraction of sp³-hybridized carbons (Fsp3) is 0.524. The molecule has 4 aromatic rings. The predicted octanol–water partition coefficient (Wildman–Crippen LogP) is 11.9. The summed E-state index contributed by atoms with van der Waals surface area (Å²) in [4.78, 5) is 1.96. The summed E-state index contributed by atoms with van der Waals surface area (Å²) in [6.07, 6.45) is 11.5. The van der Waals surface area contributed by atoms with Crippen LogP contribution in [-0.4, -0.2) is 15.0 Å². The minimum atomic E-state index is 0.128. The standard InChI is InChI=1S/C42H57N3/c1-29(2)38-28-30(3)27-33(38)15-13-11-10-12-14-26-45-43-39-36(31-16-20-34(21-17-31)41(4,5)6)24-25-37(40(39)44-45)32-18-22-35(23-19-32)42(7,8)9/h16-25,27,29-30,38H,10-15,26,28H2,1-9H3. The van der Waals surface area contributed by atoms with Crippen LogP contribution in [0.15, 0.2) is 72.3 Å². The van der Waals surface area contributed by atoms with Crippen LogP contribution >= 0.6 is 0 Å². The van der Waals surface area contributed by atoms with E-state index >= 15 is 0 Å². The number of rotatable bonds is 11. The van der Waals surface area contributed by atoms with Crippen molar-refractivity contribution in [2.45, 2.75) is 125 Å². The van der Waals surface area contributed by atoms with E-state index in [1.807, 2.05) is 4.80 Å². The van der Waals surface area contributed by atoms with Crippen LogP contribution in [0.1, 0.15) is 118 Å². The van der Waals surface area contributed by atoms with Crippen LogP contribution in [0.2, 0.25) is 0 Å². The summed E-state index contributed by atoms with van der Waals surface area (Å²) >= 11 is 0. The first-order valence-electron chi connectivity index (χ1n) is 17.6. The number of unbranched alkanes of at least 4 members (excludes halogenated alkanes) is 4. The first-order chi connectivity index (χ1) is 21.3. The lowest BCUT2D eigenvalue weighted by Gasteiger charge is -2.19. The molecule has 1 aliphatic carbocycles. The zero-order valence-corrected chi connectivity index (χ0v) is 29.6. The molecule has 240 valence electrons. The van der Waals surface area contributed by atoms with E-state index in [-0.39, 0.29) is 10.8 Å². The molecule has 1 aliphatic rings. The van der Waals surface area contributed by atoms with Crippen LogP contribution in [0.5, 0.6) is 0 Å². The Morgan fingerprint density at radius 2 is 1.13 bits per heavy atom. The van der Waals surface area contributed by atoms with Crippen molar-refractivity contribution in [3.8, 4) is 22.3 Å². The Balaban J connectivity index is 1.30. The van der Waals surface area contributed by atoms with Gasteiger partial charge in [-0.3, -0.25) is 0 Å². The molecule has 0 bridgehead atoms. The molecule has 0 aliphatic heterocycles. The molecule has 1 heterocycles. The van der Waals surface area contributed by atoms with E-state index in [1.165, 1.54) is 60.8 Å². The highest BCUT2D eigenvalue weighted by atomic mass is 15.5. The number of benzene rings is 3. The summed E-state index contributed by atoms with van der Waals surface area (Å²) in [5, 5.41) is 10.2. The van der Waals surface area contributed by atoms with Gasteiger partial charge in [0.1, 0.15) is 11.0 Å². The normalized spacial score (nSPS) is 17.4. The van der Waals surface area contributed by atoms with Gasteiger partial charge in [-0.25, -0.2) is 0 Å². The van der Waals surface area contributed by atoms with Gasteiger partial charge >= 0.3 is 0 Å². The van der Waals surface area contributed by atoms with E-state index in [4.69, 9.17) is 10.2 Å². The molecule has 5 rings (SSSR count). The second-order valence-electron chi connectivity index (χ2n) is 16.1. The van der Waals surface area contributed by atoms with Gasteiger partial charge in [-0.2, -0.15) is 15.0 Å². The predicted molar refractivity (Wildman–Crippen MR) is 194 cm³/mol. The Labute approximate surface area is 273 Å². The molecule has 1 aromatic heterocycles. The van der Waals surface area contributed by atoms with Gasteiger partial charge < -0.3 is 0 Å². The summed E-state index contributed by atoms with van der Waals surface area (Å²) in [5.74, 6) is 2.34. The molecule has 3 aromatic carbocycles. The fourth-order valence-corrected chi connectivity index (χ4v) is 7.09. The van der Waals surface area contributed by atoms with E-state index in [1.54, 1.807) is 5.57 Å². The molecular formula is C42H57N3. The quantitative estimate of drug-likeness (QED) is 0.126. The van der Waals surface area contributed by atoms with Gasteiger partial charge in [0.15, 0.2) is 0 Å². The van der Waals surface area contributed by atoms with Crippen LogP contribution < -0.4 is 0 Å². The Hall–Kier alpha value is -3.20. The monoisotopic (exact) mass is 603 g/mol. The summed E-state index contributed by atoms with van der Waals surface area (Å²) in [7, 11) is 0. The molecule has 2 unspecified atom stereocenters. The van der Waals surface area contributed by atoms with Gasteiger partial charge in [-0.05, 0) is 76.5 Å². The Morgan fingerprint density at radius 1 is 0.667 bits per heavy atom. The average molecular weight is 604 g/mol. The van der Waals surface area contributed by atoms with Gasteiger partial charge in [0.05, 0.1) is 6.54 Å². The molecule has 0 fully saturated rings. The van der Waals surface area contributed by atoms with E-state index in [0.717, 1.165) is 52.9 Å². The highest BCUT2D eigenvalue weighted by Crippen LogP contribution is 2.38. The summed E-state index contributed by atoms with van der Waals surface area (Å²) in [6.45, 7) is 21.6. The van der Waals surface area contributed by atoms with Crippen molar-refractivity contribution in [3.05, 3.63) is 83.4 Å². The number of nitrogens with zero attached hydrogens (tertiary/aromatic N) is 3. The first kappa shape index (κ1) is 33.2. The lowest BCUT2D eigenvalue weighted by molar-refractivity contribution is 0.399. The average Bonchev–Trinajstić information content (AvgIpc) is 3.59. The Bertz CT molecular complexity index is 1490. The topological polar surface area (TPSA) is 30.7 Å². The molecule has 0 N–H and O–H groups in total. The number of aryl methyl sites for hydroxylation is 1. The van der Waals surface area contributed by atoms with Crippen LogP contribution in [0, 0.1) is 17.8 Å². The van der Waals surface area contributed by atoms with Gasteiger partial charge in [-0.15, -0.1) is 0 Å². The Morgan fingerprint density at radius 3 is 1.60 bits per heavy atom. The van der Waals surface area contributed by atoms with Gasteiger partial charge in [0.2, 0.25) is 0 Å². The molecule has 0 spiro atoms. The van der Waals surface area contributed by atoms with E-state index in [9.17, 15) is 0 Å². The minimum absolute atomic E-state index is 0.128. The molecular weight excluding hydrogens is 546 g/mol. The van der Waals surface area contributed by atoms with Crippen molar-refractivity contribution in [2.24, 2.45) is 17.8 Å². The summed E-state index contributed by atoms with van der Waals surface area (Å²) in [5.41, 5.74) is 11.4. The molecule has 0 saturated carbocycles. The van der Waals surface area contributed by atoms with Crippen LogP contribution in [0.25, 0.3) is 33.3 Å². The van der Waals surface area contributed by atoms with E-state index < -0.39 is 0 Å². The maximum absolute atomic E-state index is 5.12. The van der Waals surface area contributed by atoms with Crippen LogP contribution in [-0.2, 0) is 17.4 Å².